The molecule has 3 heterocycles. The molecule has 1 aromatic heterocycles. The van der Waals surface area contributed by atoms with E-state index in [4.69, 9.17) is 4.98 Å². The van der Waals surface area contributed by atoms with Gasteiger partial charge in [-0.15, -0.1) is 0 Å². The summed E-state index contributed by atoms with van der Waals surface area (Å²) in [6, 6.07) is 15.1. The predicted molar refractivity (Wildman–Crippen MR) is 103 cm³/mol. The first-order chi connectivity index (χ1) is 12.7. The molecule has 0 spiro atoms. The van der Waals surface area contributed by atoms with Gasteiger partial charge in [-0.2, -0.15) is 0 Å². The first-order valence-electron chi connectivity index (χ1n) is 9.73. The Bertz CT molecular complexity index is 788. The molecule has 2 aliphatic rings. The maximum atomic E-state index is 12.7. The van der Waals surface area contributed by atoms with Gasteiger partial charge in [0, 0.05) is 31.7 Å². The molecular weight excluding hydrogens is 322 g/mol. The van der Waals surface area contributed by atoms with Gasteiger partial charge in [0.1, 0.15) is 0 Å². The number of hydrogen-bond donors (Lipinski definition) is 0. The highest BCUT2D eigenvalue weighted by molar-refractivity contribution is 5.76. The van der Waals surface area contributed by atoms with Crippen molar-refractivity contribution >= 4 is 5.91 Å². The molecule has 2 aromatic rings. The zero-order valence-corrected chi connectivity index (χ0v) is 15.5. The molecule has 4 nitrogen and oxygen atoms in total. The number of aromatic nitrogens is 1. The first kappa shape index (κ1) is 17.2. The number of aryl methyl sites for hydroxylation is 1. The Morgan fingerprint density at radius 3 is 2.81 bits per heavy atom. The van der Waals surface area contributed by atoms with Gasteiger partial charge in [0.2, 0.25) is 5.91 Å². The summed E-state index contributed by atoms with van der Waals surface area (Å²) in [4.78, 5) is 21.9. The Morgan fingerprint density at radius 1 is 1.12 bits per heavy atom. The SMILES string of the molecule is Cc1cccc(C2CCCN2CCC(=O)N2CCc3ccccc3C2)n1. The third-order valence-electron chi connectivity index (χ3n) is 5.71. The second kappa shape index (κ2) is 7.58. The Hall–Kier alpha value is -2.20. The standard InChI is InChI=1S/C22H27N3O/c1-17-6-4-9-20(23-17)21-10-5-13-24(21)15-12-22(26)25-14-11-18-7-2-3-8-19(18)16-25/h2-4,6-9,21H,5,10-16H2,1H3. The molecule has 1 aromatic carbocycles. The number of amides is 1. The van der Waals surface area contributed by atoms with Gasteiger partial charge in [0.05, 0.1) is 11.7 Å². The molecule has 136 valence electrons. The van der Waals surface area contributed by atoms with E-state index in [1.54, 1.807) is 0 Å². The van der Waals surface area contributed by atoms with Crippen LogP contribution in [0.2, 0.25) is 0 Å². The summed E-state index contributed by atoms with van der Waals surface area (Å²) in [6.45, 7) is 5.55. The topological polar surface area (TPSA) is 36.4 Å². The third kappa shape index (κ3) is 3.65. The molecule has 4 rings (SSSR count). The average molecular weight is 349 g/mol. The van der Waals surface area contributed by atoms with Gasteiger partial charge in [-0.05, 0) is 56.0 Å². The second-order valence-electron chi connectivity index (χ2n) is 7.48. The van der Waals surface area contributed by atoms with Crippen LogP contribution < -0.4 is 0 Å². The first-order valence-corrected chi connectivity index (χ1v) is 9.73. The van der Waals surface area contributed by atoms with Crippen LogP contribution in [0.5, 0.6) is 0 Å². The fraction of sp³-hybridized carbons (Fsp3) is 0.455. The van der Waals surface area contributed by atoms with Crippen molar-refractivity contribution < 1.29 is 4.79 Å². The lowest BCUT2D eigenvalue weighted by Gasteiger charge is -2.30. The average Bonchev–Trinajstić information content (AvgIpc) is 3.14. The minimum absolute atomic E-state index is 0.280. The lowest BCUT2D eigenvalue weighted by atomic mass is 10.00. The summed E-state index contributed by atoms with van der Waals surface area (Å²) in [7, 11) is 0. The molecule has 0 bridgehead atoms. The van der Waals surface area contributed by atoms with Crippen molar-refractivity contribution in [3.05, 3.63) is 65.0 Å². The number of fused-ring (bicyclic) bond motifs is 1. The molecule has 1 atom stereocenters. The fourth-order valence-corrected chi connectivity index (χ4v) is 4.28. The molecule has 0 saturated carbocycles. The van der Waals surface area contributed by atoms with Crippen LogP contribution in [0.25, 0.3) is 0 Å². The van der Waals surface area contributed by atoms with Crippen LogP contribution in [0.3, 0.4) is 0 Å². The zero-order valence-electron chi connectivity index (χ0n) is 15.5. The highest BCUT2D eigenvalue weighted by Gasteiger charge is 2.28. The minimum Gasteiger partial charge on any atom is -0.338 e. The number of nitrogens with zero attached hydrogens (tertiary/aromatic N) is 3. The van der Waals surface area contributed by atoms with Crippen molar-refractivity contribution in [3.8, 4) is 0 Å². The molecule has 26 heavy (non-hydrogen) atoms. The maximum Gasteiger partial charge on any atom is 0.224 e. The van der Waals surface area contributed by atoms with E-state index >= 15 is 0 Å². The lowest BCUT2D eigenvalue weighted by molar-refractivity contribution is -0.132. The normalized spacial score (nSPS) is 20.2. The monoisotopic (exact) mass is 349 g/mol. The van der Waals surface area contributed by atoms with Crippen molar-refractivity contribution in [1.29, 1.82) is 0 Å². The van der Waals surface area contributed by atoms with Crippen molar-refractivity contribution in [2.45, 2.75) is 45.2 Å². The Morgan fingerprint density at radius 2 is 1.96 bits per heavy atom. The number of benzene rings is 1. The highest BCUT2D eigenvalue weighted by atomic mass is 16.2. The van der Waals surface area contributed by atoms with E-state index in [-0.39, 0.29) is 5.91 Å². The fourth-order valence-electron chi connectivity index (χ4n) is 4.28. The van der Waals surface area contributed by atoms with Crippen LogP contribution in [-0.2, 0) is 17.8 Å². The Balaban J connectivity index is 1.35. The summed E-state index contributed by atoms with van der Waals surface area (Å²) < 4.78 is 0. The van der Waals surface area contributed by atoms with E-state index in [1.165, 1.54) is 17.5 Å². The lowest BCUT2D eigenvalue weighted by Crippen LogP contribution is -2.38. The quantitative estimate of drug-likeness (QED) is 0.848. The van der Waals surface area contributed by atoms with E-state index in [2.05, 4.69) is 41.3 Å². The zero-order chi connectivity index (χ0) is 17.9. The Labute approximate surface area is 155 Å². The summed E-state index contributed by atoms with van der Waals surface area (Å²) in [6.07, 6.45) is 3.90. The minimum atomic E-state index is 0.280. The molecule has 0 N–H and O–H groups in total. The number of hydrogen-bond acceptors (Lipinski definition) is 3. The number of carbonyl (C=O) groups is 1. The molecule has 0 radical (unpaired) electrons. The van der Waals surface area contributed by atoms with Gasteiger partial charge in [0.15, 0.2) is 0 Å². The summed E-state index contributed by atoms with van der Waals surface area (Å²) in [5.41, 5.74) is 4.91. The van der Waals surface area contributed by atoms with E-state index in [0.717, 1.165) is 50.4 Å². The number of pyridine rings is 1. The van der Waals surface area contributed by atoms with Crippen LogP contribution in [0, 0.1) is 6.92 Å². The van der Waals surface area contributed by atoms with Crippen LogP contribution >= 0.6 is 0 Å². The van der Waals surface area contributed by atoms with E-state index < -0.39 is 0 Å². The van der Waals surface area contributed by atoms with Crippen molar-refractivity contribution in [2.24, 2.45) is 0 Å². The van der Waals surface area contributed by atoms with Crippen molar-refractivity contribution in [2.75, 3.05) is 19.6 Å². The van der Waals surface area contributed by atoms with Crippen molar-refractivity contribution in [3.63, 3.8) is 0 Å². The third-order valence-corrected chi connectivity index (χ3v) is 5.71. The van der Waals surface area contributed by atoms with Gasteiger partial charge < -0.3 is 4.90 Å². The summed E-state index contributed by atoms with van der Waals surface area (Å²) >= 11 is 0. The predicted octanol–water partition coefficient (Wildman–Crippen LogP) is 3.50. The largest absolute Gasteiger partial charge is 0.338 e. The van der Waals surface area contributed by atoms with Gasteiger partial charge in [-0.1, -0.05) is 30.3 Å². The molecule has 2 aliphatic heterocycles. The number of rotatable bonds is 4. The number of likely N-dealkylation sites (tertiary alicyclic amines) is 1. The van der Waals surface area contributed by atoms with Gasteiger partial charge in [-0.3, -0.25) is 14.7 Å². The number of carbonyl (C=O) groups excluding carboxylic acids is 1. The summed E-state index contributed by atoms with van der Waals surface area (Å²) in [5.74, 6) is 0.280. The molecule has 1 fully saturated rings. The van der Waals surface area contributed by atoms with Gasteiger partial charge in [-0.25, -0.2) is 0 Å². The molecule has 1 unspecified atom stereocenters. The highest BCUT2D eigenvalue weighted by Crippen LogP contribution is 2.31. The van der Waals surface area contributed by atoms with Crippen LogP contribution in [0.4, 0.5) is 0 Å². The maximum absolute atomic E-state index is 12.7. The van der Waals surface area contributed by atoms with Crippen LogP contribution in [-0.4, -0.2) is 40.3 Å². The van der Waals surface area contributed by atoms with Crippen LogP contribution in [0.1, 0.15) is 47.8 Å². The Kier molecular flexibility index (Phi) is 5.02. The van der Waals surface area contributed by atoms with Gasteiger partial charge >= 0.3 is 0 Å². The van der Waals surface area contributed by atoms with E-state index in [9.17, 15) is 4.79 Å². The smallest absolute Gasteiger partial charge is 0.224 e. The molecular formula is C22H27N3O. The van der Waals surface area contributed by atoms with Gasteiger partial charge in [0.25, 0.3) is 0 Å². The second-order valence-corrected chi connectivity index (χ2v) is 7.48. The van der Waals surface area contributed by atoms with Crippen LogP contribution in [0.15, 0.2) is 42.5 Å². The molecule has 1 amide bonds. The summed E-state index contributed by atoms with van der Waals surface area (Å²) in [5, 5.41) is 0. The van der Waals surface area contributed by atoms with E-state index in [0.29, 0.717) is 12.5 Å². The van der Waals surface area contributed by atoms with Crippen molar-refractivity contribution in [1.82, 2.24) is 14.8 Å². The molecule has 1 saturated heterocycles. The van der Waals surface area contributed by atoms with E-state index in [1.807, 2.05) is 17.9 Å². The molecule has 4 heteroatoms. The molecule has 0 aliphatic carbocycles.